The topological polar surface area (TPSA) is 79.5 Å². The maximum Gasteiger partial charge on any atom is 0.330 e. The first-order valence-corrected chi connectivity index (χ1v) is 7.34. The second-order valence-electron chi connectivity index (χ2n) is 4.14. The molecule has 4 N–H and O–H groups in total. The molecule has 6 heteroatoms. The molecule has 108 valence electrons. The van der Waals surface area contributed by atoms with Gasteiger partial charge in [0.15, 0.2) is 5.17 Å². The number of aliphatic imine (C=N–C) groups is 1. The van der Waals surface area contributed by atoms with Crippen molar-refractivity contribution in [2.45, 2.75) is 5.75 Å². The van der Waals surface area contributed by atoms with Crippen LogP contribution in [0.2, 0.25) is 0 Å². The molecule has 2 aromatic carbocycles. The highest BCUT2D eigenvalue weighted by molar-refractivity contribution is 8.13. The first-order chi connectivity index (χ1) is 10.2. The number of amides is 2. The zero-order valence-corrected chi connectivity index (χ0v) is 12.1. The van der Waals surface area contributed by atoms with Gasteiger partial charge in [0.1, 0.15) is 0 Å². The quantitative estimate of drug-likeness (QED) is 0.463. The summed E-state index contributed by atoms with van der Waals surface area (Å²) < 4.78 is 0. The summed E-state index contributed by atoms with van der Waals surface area (Å²) in [7, 11) is 0. The van der Waals surface area contributed by atoms with Gasteiger partial charge in [0.2, 0.25) is 0 Å². The summed E-state index contributed by atoms with van der Waals surface area (Å²) in [6.45, 7) is 0. The van der Waals surface area contributed by atoms with Gasteiger partial charge >= 0.3 is 6.03 Å². The number of nitrogens with one attached hydrogen (secondary N) is 2. The number of primary amides is 1. The van der Waals surface area contributed by atoms with Crippen LogP contribution in [0.4, 0.5) is 10.5 Å². The number of hydrogen-bond donors (Lipinski definition) is 3. The Morgan fingerprint density at radius 1 is 1.00 bits per heavy atom. The number of urea groups is 1. The second kappa shape index (κ2) is 7.96. The van der Waals surface area contributed by atoms with Crippen molar-refractivity contribution in [1.82, 2.24) is 10.9 Å². The predicted molar refractivity (Wildman–Crippen MR) is 87.1 cm³/mol. The van der Waals surface area contributed by atoms with Gasteiger partial charge in [-0.2, -0.15) is 0 Å². The Hall–Kier alpha value is -2.47. The predicted octanol–water partition coefficient (Wildman–Crippen LogP) is 2.78. The van der Waals surface area contributed by atoms with Crippen LogP contribution in [0.3, 0.4) is 0 Å². The number of benzene rings is 2. The first kappa shape index (κ1) is 14.9. The Morgan fingerprint density at radius 2 is 1.62 bits per heavy atom. The number of para-hydroxylation sites is 1. The molecule has 0 aliphatic carbocycles. The summed E-state index contributed by atoms with van der Waals surface area (Å²) in [5, 5.41) is 0.573. The molecule has 0 spiro atoms. The van der Waals surface area contributed by atoms with Crippen molar-refractivity contribution in [2.24, 2.45) is 10.7 Å². The van der Waals surface area contributed by atoms with E-state index in [0.717, 1.165) is 11.4 Å². The molecule has 0 aromatic heterocycles. The van der Waals surface area contributed by atoms with E-state index in [4.69, 9.17) is 5.73 Å². The third-order valence-electron chi connectivity index (χ3n) is 2.50. The molecule has 0 saturated carbocycles. The lowest BCUT2D eigenvalue weighted by molar-refractivity contribution is 0.247. The molecule has 0 unspecified atom stereocenters. The van der Waals surface area contributed by atoms with Gasteiger partial charge in [-0.05, 0) is 17.7 Å². The molecule has 0 fully saturated rings. The molecular weight excluding hydrogens is 284 g/mol. The van der Waals surface area contributed by atoms with Crippen molar-refractivity contribution in [2.75, 3.05) is 0 Å². The number of hydrazine groups is 1. The van der Waals surface area contributed by atoms with E-state index in [9.17, 15) is 4.79 Å². The lowest BCUT2D eigenvalue weighted by Gasteiger charge is -2.09. The Balaban J connectivity index is 2.05. The number of hydrogen-bond acceptors (Lipinski definition) is 3. The summed E-state index contributed by atoms with van der Waals surface area (Å²) in [6.07, 6.45) is 0. The number of rotatable bonds is 3. The number of thioether (sulfide) groups is 1. The molecule has 0 saturated heterocycles. The Labute approximate surface area is 127 Å². The highest BCUT2D eigenvalue weighted by Gasteiger charge is 2.03. The van der Waals surface area contributed by atoms with Gasteiger partial charge in [-0.25, -0.2) is 9.79 Å². The van der Waals surface area contributed by atoms with Crippen LogP contribution < -0.4 is 16.6 Å². The maximum atomic E-state index is 10.8. The number of nitrogens with two attached hydrogens (primary N) is 1. The Morgan fingerprint density at radius 3 is 2.24 bits per heavy atom. The standard InChI is InChI=1S/C15H16N4OS/c16-14(20)18-19-15(17-13-9-5-2-6-10-13)21-11-12-7-3-1-4-8-12/h1-10H,11H2,(H,17,19)(H3,16,18,20). The maximum absolute atomic E-state index is 10.8. The fourth-order valence-corrected chi connectivity index (χ4v) is 2.35. The van der Waals surface area contributed by atoms with Crippen LogP contribution in [0.1, 0.15) is 5.56 Å². The molecule has 5 nitrogen and oxygen atoms in total. The fraction of sp³-hybridized carbons (Fsp3) is 0.0667. The largest absolute Gasteiger partial charge is 0.350 e. The van der Waals surface area contributed by atoms with Crippen molar-refractivity contribution in [3.8, 4) is 0 Å². The average molecular weight is 300 g/mol. The van der Waals surface area contributed by atoms with Crippen molar-refractivity contribution in [3.05, 3.63) is 66.2 Å². The van der Waals surface area contributed by atoms with Gasteiger partial charge in [-0.3, -0.25) is 10.9 Å². The third-order valence-corrected chi connectivity index (χ3v) is 3.44. The van der Waals surface area contributed by atoms with E-state index in [-0.39, 0.29) is 0 Å². The van der Waals surface area contributed by atoms with E-state index in [1.807, 2.05) is 60.7 Å². The highest BCUT2D eigenvalue weighted by Crippen LogP contribution is 2.17. The molecule has 0 radical (unpaired) electrons. The van der Waals surface area contributed by atoms with Crippen LogP contribution in [0.5, 0.6) is 0 Å². The lowest BCUT2D eigenvalue weighted by atomic mass is 10.2. The molecule has 0 aliphatic rings. The average Bonchev–Trinajstić information content (AvgIpc) is 2.52. The SMILES string of the molecule is NC(=O)NNC(=Nc1ccccc1)SCc1ccccc1. The van der Waals surface area contributed by atoms with E-state index in [2.05, 4.69) is 15.8 Å². The molecule has 0 bridgehead atoms. The second-order valence-corrected chi connectivity index (χ2v) is 5.11. The number of nitrogens with zero attached hydrogens (tertiary/aromatic N) is 1. The number of carbonyl (C=O) groups is 1. The summed E-state index contributed by atoms with van der Waals surface area (Å²) in [6, 6.07) is 18.9. The molecule has 2 amide bonds. The summed E-state index contributed by atoms with van der Waals surface area (Å²) in [4.78, 5) is 15.3. The van der Waals surface area contributed by atoms with Gasteiger partial charge in [-0.15, -0.1) is 0 Å². The molecule has 0 atom stereocenters. The van der Waals surface area contributed by atoms with Crippen molar-refractivity contribution in [1.29, 1.82) is 0 Å². The summed E-state index contributed by atoms with van der Waals surface area (Å²) in [5.41, 5.74) is 12.1. The molecular formula is C15H16N4OS. The number of amidine groups is 1. The zero-order valence-electron chi connectivity index (χ0n) is 11.3. The monoisotopic (exact) mass is 300 g/mol. The van der Waals surface area contributed by atoms with Crippen LogP contribution in [0.15, 0.2) is 65.7 Å². The first-order valence-electron chi connectivity index (χ1n) is 6.36. The molecule has 0 aliphatic heterocycles. The molecule has 0 heterocycles. The third kappa shape index (κ3) is 5.58. The van der Waals surface area contributed by atoms with Crippen LogP contribution in [-0.2, 0) is 5.75 Å². The van der Waals surface area contributed by atoms with Crippen molar-refractivity contribution in [3.63, 3.8) is 0 Å². The normalized spacial score (nSPS) is 11.0. The highest BCUT2D eigenvalue weighted by atomic mass is 32.2. The van der Waals surface area contributed by atoms with E-state index in [1.165, 1.54) is 17.3 Å². The van der Waals surface area contributed by atoms with Gasteiger partial charge in [0, 0.05) is 5.75 Å². The van der Waals surface area contributed by atoms with E-state index in [1.54, 1.807) is 0 Å². The smallest absolute Gasteiger partial charge is 0.330 e. The summed E-state index contributed by atoms with van der Waals surface area (Å²) >= 11 is 1.48. The number of carbonyl (C=O) groups excluding carboxylic acids is 1. The Bertz CT molecular complexity index is 602. The minimum atomic E-state index is -0.656. The summed E-state index contributed by atoms with van der Waals surface area (Å²) in [5.74, 6) is 0.736. The van der Waals surface area contributed by atoms with Gasteiger partial charge in [0.25, 0.3) is 0 Å². The van der Waals surface area contributed by atoms with Gasteiger partial charge < -0.3 is 5.73 Å². The van der Waals surface area contributed by atoms with Gasteiger partial charge in [0.05, 0.1) is 5.69 Å². The van der Waals surface area contributed by atoms with E-state index < -0.39 is 6.03 Å². The molecule has 2 aromatic rings. The Kier molecular flexibility index (Phi) is 5.66. The lowest BCUT2D eigenvalue weighted by Crippen LogP contribution is -2.43. The van der Waals surface area contributed by atoms with Crippen molar-refractivity contribution < 1.29 is 4.79 Å². The molecule has 2 rings (SSSR count). The van der Waals surface area contributed by atoms with Gasteiger partial charge in [-0.1, -0.05) is 60.3 Å². The minimum absolute atomic E-state index is 0.573. The van der Waals surface area contributed by atoms with E-state index >= 15 is 0 Å². The van der Waals surface area contributed by atoms with Crippen LogP contribution in [-0.4, -0.2) is 11.2 Å². The van der Waals surface area contributed by atoms with Crippen LogP contribution in [0, 0.1) is 0 Å². The van der Waals surface area contributed by atoms with E-state index in [0.29, 0.717) is 5.17 Å². The zero-order chi connectivity index (χ0) is 14.9. The molecule has 21 heavy (non-hydrogen) atoms. The van der Waals surface area contributed by atoms with Crippen molar-refractivity contribution >= 4 is 28.6 Å². The minimum Gasteiger partial charge on any atom is -0.350 e. The van der Waals surface area contributed by atoms with Crippen LogP contribution >= 0.6 is 11.8 Å². The van der Waals surface area contributed by atoms with Crippen LogP contribution in [0.25, 0.3) is 0 Å². The fourth-order valence-electron chi connectivity index (χ4n) is 1.56.